The van der Waals surface area contributed by atoms with Crippen molar-refractivity contribution >= 4 is 15.9 Å². The lowest BCUT2D eigenvalue weighted by atomic mass is 10.0. The van der Waals surface area contributed by atoms with Crippen LogP contribution in [0.3, 0.4) is 0 Å². The lowest BCUT2D eigenvalue weighted by Crippen LogP contribution is -2.34. The van der Waals surface area contributed by atoms with E-state index in [2.05, 4.69) is 34.3 Å². The van der Waals surface area contributed by atoms with Crippen LogP contribution in [0.2, 0.25) is 0 Å². The molecule has 2 aromatic carbocycles. The van der Waals surface area contributed by atoms with Crippen LogP contribution in [0.5, 0.6) is 0 Å². The highest BCUT2D eigenvalue weighted by atomic mass is 32.2. The molecule has 3 heterocycles. The number of amides is 1. The second kappa shape index (κ2) is 9.32. The van der Waals surface area contributed by atoms with Crippen LogP contribution >= 0.6 is 0 Å². The Morgan fingerprint density at radius 3 is 2.18 bits per heavy atom. The summed E-state index contributed by atoms with van der Waals surface area (Å²) in [5.74, 6) is -0.218. The van der Waals surface area contributed by atoms with Crippen molar-refractivity contribution < 1.29 is 13.2 Å². The van der Waals surface area contributed by atoms with Gasteiger partial charge in [-0.3, -0.25) is 4.79 Å². The molecule has 2 fully saturated rings. The summed E-state index contributed by atoms with van der Waals surface area (Å²) in [4.78, 5) is 14.6. The van der Waals surface area contributed by atoms with Gasteiger partial charge in [0.25, 0.3) is 5.91 Å². The van der Waals surface area contributed by atoms with Gasteiger partial charge in [-0.05, 0) is 48.9 Å². The van der Waals surface area contributed by atoms with E-state index in [1.165, 1.54) is 20.7 Å². The van der Waals surface area contributed by atoms with Crippen molar-refractivity contribution in [1.82, 2.24) is 19.0 Å². The predicted octanol–water partition coefficient (Wildman–Crippen LogP) is 2.16. The molecular weight excluding hydrogens is 450 g/mol. The number of para-hydroxylation sites is 1. The number of rotatable bonds is 8. The standard InChI is InChI=1S/C25H29N5O3S/c26-25(31)24-23(14-27-30(24)22-11-5-2-6-12-22)34(32,33)29-17-20-15-28(16-21(20)18-29)13-7-10-19-8-3-1-4-9-19/h1-6,8-9,11-12,14,20-21H,7,10,13,15-18H2,(H2,26,31)/t20-,21?/m0/s1. The Morgan fingerprint density at radius 1 is 0.941 bits per heavy atom. The third-order valence-corrected chi connectivity index (χ3v) is 8.73. The fourth-order valence-corrected chi connectivity index (χ4v) is 6.89. The molecule has 0 radical (unpaired) electrons. The highest BCUT2D eigenvalue weighted by Crippen LogP contribution is 2.35. The van der Waals surface area contributed by atoms with E-state index in [0.717, 1.165) is 32.5 Å². The van der Waals surface area contributed by atoms with E-state index in [0.29, 0.717) is 30.6 Å². The Hall–Kier alpha value is -3.01. The van der Waals surface area contributed by atoms with Gasteiger partial charge in [0.05, 0.1) is 11.9 Å². The number of sulfonamides is 1. The van der Waals surface area contributed by atoms with Crippen LogP contribution in [0.4, 0.5) is 0 Å². The fourth-order valence-electron chi connectivity index (χ4n) is 5.23. The van der Waals surface area contributed by atoms with Gasteiger partial charge in [-0.1, -0.05) is 48.5 Å². The third-order valence-electron chi connectivity index (χ3n) is 6.90. The molecule has 2 aliphatic heterocycles. The normalized spacial score (nSPS) is 21.1. The first-order valence-electron chi connectivity index (χ1n) is 11.6. The molecule has 8 nitrogen and oxygen atoms in total. The van der Waals surface area contributed by atoms with Crippen LogP contribution in [0.1, 0.15) is 22.5 Å². The highest BCUT2D eigenvalue weighted by molar-refractivity contribution is 7.89. The molecule has 1 aromatic heterocycles. The summed E-state index contributed by atoms with van der Waals surface area (Å²) in [5, 5.41) is 4.19. The number of carbonyl (C=O) groups is 1. The number of primary amides is 1. The van der Waals surface area contributed by atoms with Crippen LogP contribution in [0.25, 0.3) is 5.69 Å². The van der Waals surface area contributed by atoms with E-state index in [1.54, 1.807) is 24.3 Å². The molecular formula is C25H29N5O3S. The number of carbonyl (C=O) groups excluding carboxylic acids is 1. The molecule has 0 spiro atoms. The first-order chi connectivity index (χ1) is 16.4. The summed E-state index contributed by atoms with van der Waals surface area (Å²) in [7, 11) is -3.88. The van der Waals surface area contributed by atoms with Gasteiger partial charge in [-0.15, -0.1) is 0 Å². The maximum atomic E-state index is 13.5. The Labute approximate surface area is 200 Å². The van der Waals surface area contributed by atoms with Crippen molar-refractivity contribution in [1.29, 1.82) is 0 Å². The highest BCUT2D eigenvalue weighted by Gasteiger charge is 2.45. The van der Waals surface area contributed by atoms with Gasteiger partial charge in [-0.2, -0.15) is 9.40 Å². The smallest absolute Gasteiger partial charge is 0.268 e. The van der Waals surface area contributed by atoms with E-state index < -0.39 is 15.9 Å². The van der Waals surface area contributed by atoms with Gasteiger partial charge in [0.15, 0.2) is 5.69 Å². The van der Waals surface area contributed by atoms with Crippen LogP contribution in [-0.4, -0.2) is 66.0 Å². The van der Waals surface area contributed by atoms with Crippen molar-refractivity contribution in [2.45, 2.75) is 17.7 Å². The predicted molar refractivity (Wildman–Crippen MR) is 129 cm³/mol. The Bertz CT molecular complexity index is 1250. The van der Waals surface area contributed by atoms with Gasteiger partial charge in [0, 0.05) is 26.2 Å². The second-order valence-corrected chi connectivity index (χ2v) is 11.1. The number of likely N-dealkylation sites (tertiary alicyclic amines) is 1. The molecule has 2 N–H and O–H groups in total. The molecule has 1 amide bonds. The SMILES string of the molecule is NC(=O)c1c(S(=O)(=O)N2CC3CN(CCCc4ccccc4)C[C@H]3C2)cnn1-c1ccccc1. The zero-order chi connectivity index (χ0) is 23.7. The van der Waals surface area contributed by atoms with Crippen LogP contribution < -0.4 is 5.73 Å². The van der Waals surface area contributed by atoms with Gasteiger partial charge in [-0.25, -0.2) is 13.1 Å². The number of hydrogen-bond acceptors (Lipinski definition) is 5. The maximum Gasteiger partial charge on any atom is 0.268 e. The number of nitrogens with two attached hydrogens (primary N) is 1. The largest absolute Gasteiger partial charge is 0.364 e. The molecule has 9 heteroatoms. The first kappa shape index (κ1) is 22.8. The summed E-state index contributed by atoms with van der Waals surface area (Å²) >= 11 is 0. The minimum absolute atomic E-state index is 0.106. The van der Waals surface area contributed by atoms with Gasteiger partial charge >= 0.3 is 0 Å². The van der Waals surface area contributed by atoms with Crippen molar-refractivity contribution in [3.8, 4) is 5.69 Å². The molecule has 2 aliphatic rings. The van der Waals surface area contributed by atoms with E-state index in [9.17, 15) is 13.2 Å². The Kier molecular flexibility index (Phi) is 6.24. The number of fused-ring (bicyclic) bond motifs is 1. The number of nitrogens with zero attached hydrogens (tertiary/aromatic N) is 4. The molecule has 5 rings (SSSR count). The van der Waals surface area contributed by atoms with Crippen molar-refractivity contribution in [3.63, 3.8) is 0 Å². The number of aromatic nitrogens is 2. The summed E-state index contributed by atoms with van der Waals surface area (Å²) in [6.07, 6.45) is 3.38. The molecule has 3 aromatic rings. The minimum Gasteiger partial charge on any atom is -0.364 e. The van der Waals surface area contributed by atoms with Crippen LogP contribution in [0.15, 0.2) is 71.8 Å². The van der Waals surface area contributed by atoms with Gasteiger partial charge < -0.3 is 10.6 Å². The summed E-state index contributed by atoms with van der Waals surface area (Å²) in [6, 6.07) is 19.4. The molecule has 0 aliphatic carbocycles. The molecule has 2 saturated heterocycles. The lowest BCUT2D eigenvalue weighted by Gasteiger charge is -2.21. The number of aryl methyl sites for hydroxylation is 1. The molecule has 0 saturated carbocycles. The van der Waals surface area contributed by atoms with Crippen LogP contribution in [0, 0.1) is 11.8 Å². The molecule has 1 unspecified atom stereocenters. The second-order valence-electron chi connectivity index (χ2n) is 9.16. The van der Waals surface area contributed by atoms with E-state index >= 15 is 0 Å². The monoisotopic (exact) mass is 479 g/mol. The van der Waals surface area contributed by atoms with Crippen molar-refractivity contribution in [2.24, 2.45) is 17.6 Å². The Balaban J connectivity index is 1.25. The minimum atomic E-state index is -3.88. The third kappa shape index (κ3) is 4.38. The average Bonchev–Trinajstić information content (AvgIpc) is 3.54. The molecule has 178 valence electrons. The summed E-state index contributed by atoms with van der Waals surface area (Å²) in [5.41, 5.74) is 7.43. The average molecular weight is 480 g/mol. The summed E-state index contributed by atoms with van der Waals surface area (Å²) in [6.45, 7) is 3.73. The van der Waals surface area contributed by atoms with Crippen molar-refractivity contribution in [2.75, 3.05) is 32.7 Å². The maximum absolute atomic E-state index is 13.5. The molecule has 34 heavy (non-hydrogen) atoms. The summed E-state index contributed by atoms with van der Waals surface area (Å²) < 4.78 is 29.8. The quantitative estimate of drug-likeness (QED) is 0.534. The topological polar surface area (TPSA) is 102 Å². The lowest BCUT2D eigenvalue weighted by molar-refractivity contribution is 0.0989. The molecule has 0 bridgehead atoms. The van der Waals surface area contributed by atoms with Gasteiger partial charge in [0.1, 0.15) is 4.90 Å². The zero-order valence-corrected chi connectivity index (χ0v) is 19.8. The molecule has 2 atom stereocenters. The van der Waals surface area contributed by atoms with E-state index in [-0.39, 0.29) is 10.6 Å². The first-order valence-corrected chi connectivity index (χ1v) is 13.1. The Morgan fingerprint density at radius 2 is 1.56 bits per heavy atom. The zero-order valence-electron chi connectivity index (χ0n) is 19.0. The van der Waals surface area contributed by atoms with E-state index in [1.807, 2.05) is 12.1 Å². The van der Waals surface area contributed by atoms with Crippen LogP contribution in [-0.2, 0) is 16.4 Å². The fraction of sp³-hybridized carbons (Fsp3) is 0.360. The number of benzene rings is 2. The van der Waals surface area contributed by atoms with E-state index in [4.69, 9.17) is 5.73 Å². The number of hydrogen-bond donors (Lipinski definition) is 1. The van der Waals surface area contributed by atoms with Crippen molar-refractivity contribution in [3.05, 3.63) is 78.1 Å². The van der Waals surface area contributed by atoms with Gasteiger partial charge in [0.2, 0.25) is 10.0 Å².